The number of phenols is 1. The molecule has 2 atom stereocenters. The number of halogens is 1. The van der Waals surface area contributed by atoms with Crippen LogP contribution in [0.25, 0.3) is 0 Å². The van der Waals surface area contributed by atoms with Crippen molar-refractivity contribution in [1.29, 1.82) is 0 Å². The molecule has 0 unspecified atom stereocenters. The maximum Gasteiger partial charge on any atom is 0.171 e. The van der Waals surface area contributed by atoms with Gasteiger partial charge in [0.2, 0.25) is 0 Å². The van der Waals surface area contributed by atoms with Crippen LogP contribution >= 0.6 is 22.6 Å². The molecule has 0 radical (unpaired) electrons. The number of likely N-dealkylation sites (tertiary alicyclic amines) is 1. The Kier molecular flexibility index (Phi) is 4.95. The Morgan fingerprint density at radius 1 is 1.32 bits per heavy atom. The minimum absolute atomic E-state index is 0.252. The number of benzene rings is 1. The Morgan fingerprint density at radius 3 is 2.53 bits per heavy atom. The van der Waals surface area contributed by atoms with Crippen LogP contribution in [0, 0.1) is 15.4 Å². The van der Waals surface area contributed by atoms with E-state index in [0.717, 1.165) is 22.0 Å². The quantitative estimate of drug-likeness (QED) is 0.793. The normalized spacial score (nSPS) is 27.3. The van der Waals surface area contributed by atoms with Crippen LogP contribution in [0.3, 0.4) is 0 Å². The Hall–Kier alpha value is -0.490. The molecule has 1 aliphatic rings. The largest absolute Gasteiger partial charge is 0.504 e. The summed E-state index contributed by atoms with van der Waals surface area (Å²) in [6, 6.07) is 4.03. The first-order valence-electron chi connectivity index (χ1n) is 6.88. The topological polar surface area (TPSA) is 33.9 Å². The summed E-state index contributed by atoms with van der Waals surface area (Å²) in [5.74, 6) is 2.44. The fourth-order valence-electron chi connectivity index (χ4n) is 3.24. The molecular formula is C15H23INO2+. The first kappa shape index (κ1) is 14.9. The summed E-state index contributed by atoms with van der Waals surface area (Å²) in [6.45, 7) is 8.18. The lowest BCUT2D eigenvalue weighted by atomic mass is 9.91. The lowest BCUT2D eigenvalue weighted by molar-refractivity contribution is -0.925. The number of ether oxygens (including phenoxy) is 1. The second-order valence-corrected chi connectivity index (χ2v) is 7.07. The summed E-state index contributed by atoms with van der Waals surface area (Å²) < 4.78 is 6.10. The van der Waals surface area contributed by atoms with E-state index in [1.54, 1.807) is 12.0 Å². The number of methoxy groups -OCH3 is 1. The predicted molar refractivity (Wildman–Crippen MR) is 84.7 cm³/mol. The Morgan fingerprint density at radius 2 is 1.95 bits per heavy atom. The molecule has 1 aromatic carbocycles. The fraction of sp³-hybridized carbons (Fsp3) is 0.600. The number of hydrogen-bond acceptors (Lipinski definition) is 2. The van der Waals surface area contributed by atoms with E-state index < -0.39 is 0 Å². The second-order valence-electron chi connectivity index (χ2n) is 5.91. The van der Waals surface area contributed by atoms with Gasteiger partial charge in [0.25, 0.3) is 0 Å². The molecule has 0 aromatic heterocycles. The first-order valence-corrected chi connectivity index (χ1v) is 7.96. The van der Waals surface area contributed by atoms with Crippen LogP contribution in [0.5, 0.6) is 11.5 Å². The lowest BCUT2D eigenvalue weighted by Gasteiger charge is -2.32. The average molecular weight is 376 g/mol. The van der Waals surface area contributed by atoms with E-state index in [9.17, 15) is 5.11 Å². The molecule has 0 amide bonds. The summed E-state index contributed by atoms with van der Waals surface area (Å²) in [4.78, 5) is 1.63. The summed E-state index contributed by atoms with van der Waals surface area (Å²) in [5, 5.41) is 9.87. The molecule has 0 aliphatic carbocycles. The molecular weight excluding hydrogens is 353 g/mol. The van der Waals surface area contributed by atoms with Crippen molar-refractivity contribution in [3.8, 4) is 11.5 Å². The van der Waals surface area contributed by atoms with Crippen molar-refractivity contribution in [3.63, 3.8) is 0 Å². The van der Waals surface area contributed by atoms with Crippen molar-refractivity contribution in [2.75, 3.05) is 20.2 Å². The van der Waals surface area contributed by atoms with Crippen LogP contribution in [0.15, 0.2) is 12.1 Å². The SMILES string of the molecule is COc1cc(C[NH+]2C[C@@H](C)C[C@H](C)C2)cc(I)c1O. The molecule has 4 heteroatoms. The number of phenolic OH excluding ortho intramolecular Hbond substituents is 1. The predicted octanol–water partition coefficient (Wildman–Crippen LogP) is 2.07. The van der Waals surface area contributed by atoms with Gasteiger partial charge in [0, 0.05) is 17.4 Å². The summed E-state index contributed by atoms with van der Waals surface area (Å²) in [6.07, 6.45) is 1.35. The zero-order chi connectivity index (χ0) is 14.0. The van der Waals surface area contributed by atoms with Gasteiger partial charge in [-0.2, -0.15) is 0 Å². The summed E-state index contributed by atoms with van der Waals surface area (Å²) >= 11 is 2.16. The van der Waals surface area contributed by atoms with Gasteiger partial charge in [0.15, 0.2) is 11.5 Å². The van der Waals surface area contributed by atoms with E-state index in [0.29, 0.717) is 5.75 Å². The van der Waals surface area contributed by atoms with Gasteiger partial charge in [0.05, 0.1) is 23.8 Å². The van der Waals surface area contributed by atoms with Gasteiger partial charge >= 0.3 is 0 Å². The molecule has 1 heterocycles. The highest BCUT2D eigenvalue weighted by Crippen LogP contribution is 2.32. The molecule has 3 nitrogen and oxygen atoms in total. The summed E-state index contributed by atoms with van der Waals surface area (Å²) in [5.41, 5.74) is 1.25. The molecule has 2 rings (SSSR count). The highest BCUT2D eigenvalue weighted by molar-refractivity contribution is 14.1. The van der Waals surface area contributed by atoms with Gasteiger partial charge in [-0.25, -0.2) is 0 Å². The molecule has 1 saturated heterocycles. The summed E-state index contributed by atoms with van der Waals surface area (Å²) in [7, 11) is 1.60. The minimum atomic E-state index is 0.252. The Labute approximate surface area is 129 Å². The van der Waals surface area contributed by atoms with Crippen LogP contribution in [0.4, 0.5) is 0 Å². The maximum atomic E-state index is 9.87. The third-order valence-electron chi connectivity index (χ3n) is 3.84. The number of hydrogen-bond donors (Lipinski definition) is 2. The van der Waals surface area contributed by atoms with Crippen LogP contribution in [0.2, 0.25) is 0 Å². The maximum absolute atomic E-state index is 9.87. The van der Waals surface area contributed by atoms with Gasteiger partial charge in [-0.1, -0.05) is 13.8 Å². The van der Waals surface area contributed by atoms with E-state index >= 15 is 0 Å². The smallest absolute Gasteiger partial charge is 0.171 e. The third kappa shape index (κ3) is 3.75. The number of piperidine rings is 1. The number of quaternary nitrogens is 1. The molecule has 0 spiro atoms. The molecule has 0 saturated carbocycles. The minimum Gasteiger partial charge on any atom is -0.504 e. The van der Waals surface area contributed by atoms with Gasteiger partial charge in [0.1, 0.15) is 6.54 Å². The van der Waals surface area contributed by atoms with E-state index in [2.05, 4.69) is 42.5 Å². The highest BCUT2D eigenvalue weighted by Gasteiger charge is 2.25. The molecule has 19 heavy (non-hydrogen) atoms. The Bertz CT molecular complexity index is 440. The number of nitrogens with one attached hydrogen (secondary N) is 1. The van der Waals surface area contributed by atoms with Crippen molar-refractivity contribution in [3.05, 3.63) is 21.3 Å². The van der Waals surface area contributed by atoms with Crippen LogP contribution in [-0.2, 0) is 6.54 Å². The standard InChI is InChI=1S/C15H22INO2/c1-10-4-11(2)8-17(7-10)9-12-5-13(16)15(18)14(6-12)19-3/h5-6,10-11,18H,4,7-9H2,1-3H3/p+1/t10-,11-/m0/s1. The monoisotopic (exact) mass is 376 g/mol. The van der Waals surface area contributed by atoms with Crippen LogP contribution in [0.1, 0.15) is 25.8 Å². The van der Waals surface area contributed by atoms with Crippen molar-refractivity contribution in [2.24, 2.45) is 11.8 Å². The van der Waals surface area contributed by atoms with Crippen LogP contribution < -0.4 is 9.64 Å². The zero-order valence-electron chi connectivity index (χ0n) is 11.9. The molecule has 1 aliphatic heterocycles. The fourth-order valence-corrected chi connectivity index (χ4v) is 3.91. The van der Waals surface area contributed by atoms with Gasteiger partial charge in [-0.3, -0.25) is 0 Å². The van der Waals surface area contributed by atoms with Crippen molar-refractivity contribution in [1.82, 2.24) is 0 Å². The lowest BCUT2D eigenvalue weighted by Crippen LogP contribution is -3.13. The number of rotatable bonds is 3. The van der Waals surface area contributed by atoms with Crippen LogP contribution in [-0.4, -0.2) is 25.3 Å². The molecule has 1 fully saturated rings. The second kappa shape index (κ2) is 6.31. The molecule has 0 bridgehead atoms. The third-order valence-corrected chi connectivity index (χ3v) is 4.66. The van der Waals surface area contributed by atoms with Crippen molar-refractivity contribution >= 4 is 22.6 Å². The van der Waals surface area contributed by atoms with Gasteiger partial charge in [-0.15, -0.1) is 0 Å². The molecule has 2 N–H and O–H groups in total. The zero-order valence-corrected chi connectivity index (χ0v) is 14.0. The van der Waals surface area contributed by atoms with Gasteiger partial charge < -0.3 is 14.7 Å². The van der Waals surface area contributed by atoms with E-state index in [1.165, 1.54) is 25.1 Å². The van der Waals surface area contributed by atoms with E-state index in [4.69, 9.17) is 4.74 Å². The highest BCUT2D eigenvalue weighted by atomic mass is 127. The number of aromatic hydroxyl groups is 1. The van der Waals surface area contributed by atoms with Gasteiger partial charge in [-0.05, 0) is 41.1 Å². The average Bonchev–Trinajstić information content (AvgIpc) is 2.32. The van der Waals surface area contributed by atoms with E-state index in [-0.39, 0.29) is 5.75 Å². The van der Waals surface area contributed by atoms with Crippen molar-refractivity contribution < 1.29 is 14.7 Å². The van der Waals surface area contributed by atoms with Crippen molar-refractivity contribution in [2.45, 2.75) is 26.8 Å². The molecule has 1 aromatic rings. The Balaban J connectivity index is 2.12. The van der Waals surface area contributed by atoms with E-state index in [1.807, 2.05) is 6.07 Å². The molecule has 106 valence electrons. The first-order chi connectivity index (χ1) is 8.99.